The van der Waals surface area contributed by atoms with E-state index < -0.39 is 24.7 Å². The van der Waals surface area contributed by atoms with Crippen LogP contribution in [-0.4, -0.2) is 59.8 Å². The number of rotatable bonds is 6. The first-order chi connectivity index (χ1) is 16.7. The number of likely N-dealkylation sites (tertiary alicyclic amines) is 1. The van der Waals surface area contributed by atoms with E-state index in [1.165, 1.54) is 6.08 Å². The zero-order valence-corrected chi connectivity index (χ0v) is 19.8. The van der Waals surface area contributed by atoms with Crippen LogP contribution in [0.15, 0.2) is 48.6 Å². The predicted octanol–water partition coefficient (Wildman–Crippen LogP) is 3.77. The zero-order valence-electron chi connectivity index (χ0n) is 19.8. The molecule has 1 spiro atoms. The van der Waals surface area contributed by atoms with Gasteiger partial charge in [0.15, 0.2) is 0 Å². The van der Waals surface area contributed by atoms with Crippen molar-refractivity contribution in [1.29, 1.82) is 0 Å². The van der Waals surface area contributed by atoms with Crippen LogP contribution in [0.25, 0.3) is 5.70 Å². The molecule has 1 aromatic carbocycles. The quantitative estimate of drug-likeness (QED) is 0.633. The van der Waals surface area contributed by atoms with Crippen LogP contribution >= 0.6 is 0 Å². The number of aliphatic hydroxyl groups excluding tert-OH is 1. The van der Waals surface area contributed by atoms with Gasteiger partial charge in [0.25, 0.3) is 0 Å². The third-order valence-corrected chi connectivity index (χ3v) is 6.52. The van der Waals surface area contributed by atoms with E-state index in [9.17, 15) is 18.3 Å². The number of halogens is 3. The normalized spacial score (nSPS) is 21.1. The fourth-order valence-corrected chi connectivity index (χ4v) is 4.75. The van der Waals surface area contributed by atoms with E-state index >= 15 is 0 Å². The summed E-state index contributed by atoms with van der Waals surface area (Å²) in [6.45, 7) is 2.29. The van der Waals surface area contributed by atoms with Crippen LogP contribution in [0.5, 0.6) is 11.5 Å². The van der Waals surface area contributed by atoms with Gasteiger partial charge in [-0.25, -0.2) is 4.98 Å². The third-order valence-electron chi connectivity index (χ3n) is 6.52. The second kappa shape index (κ2) is 9.92. The summed E-state index contributed by atoms with van der Waals surface area (Å²) in [5.41, 5.74) is 2.29. The molecule has 0 radical (unpaired) electrons. The number of ether oxygens (including phenoxy) is 3. The highest BCUT2D eigenvalue weighted by Crippen LogP contribution is 2.42. The highest BCUT2D eigenvalue weighted by molar-refractivity contribution is 5.67. The van der Waals surface area contributed by atoms with Crippen molar-refractivity contribution in [2.24, 2.45) is 0 Å². The molecule has 2 aromatic rings. The summed E-state index contributed by atoms with van der Waals surface area (Å²) in [7, 11) is 3.11. The molecular weight excluding hydrogens is 465 g/mol. The van der Waals surface area contributed by atoms with Gasteiger partial charge in [-0.05, 0) is 38.0 Å². The van der Waals surface area contributed by atoms with E-state index in [0.29, 0.717) is 54.4 Å². The number of fused-ring (bicyclic) bond motifs is 2. The maximum absolute atomic E-state index is 12.5. The molecule has 1 atom stereocenters. The van der Waals surface area contributed by atoms with Gasteiger partial charge in [0.05, 0.1) is 56.0 Å². The summed E-state index contributed by atoms with van der Waals surface area (Å²) >= 11 is 0. The fraction of sp³-hybridized carbons (Fsp3) is 0.458. The highest BCUT2D eigenvalue weighted by atomic mass is 19.4. The van der Waals surface area contributed by atoms with Gasteiger partial charge in [-0.3, -0.25) is 14.2 Å². The van der Waals surface area contributed by atoms with Crippen molar-refractivity contribution in [2.45, 2.75) is 37.9 Å². The molecule has 2 aliphatic heterocycles. The summed E-state index contributed by atoms with van der Waals surface area (Å²) in [5.74, 6) is 1.17. The lowest BCUT2D eigenvalue weighted by molar-refractivity contribution is -0.319. The number of hydrogen-bond acceptors (Lipinski definition) is 7. The maximum atomic E-state index is 12.5. The number of nitrogens with one attached hydrogen (secondary N) is 1. The molecule has 11 heteroatoms. The van der Waals surface area contributed by atoms with Crippen molar-refractivity contribution in [2.75, 3.05) is 33.9 Å². The van der Waals surface area contributed by atoms with E-state index in [0.717, 1.165) is 5.69 Å². The standard InChI is InChI=1S/C24H29F3N4O4/c1-4-20-19(5-10-35-24(25,26)27)29-23(21-14-28-15-31(20)21)6-8-30(9-7-23)22(32)16-11-17(33-2)13-18(12-16)34-3/h4-5,11-15,22,29,32H,6-10H2,1-3H3/b19-5+,20-4+. The Morgan fingerprint density at radius 1 is 1.17 bits per heavy atom. The minimum Gasteiger partial charge on any atom is -0.497 e. The first kappa shape index (κ1) is 25.1. The molecule has 1 aromatic heterocycles. The molecule has 4 rings (SSSR count). The van der Waals surface area contributed by atoms with Crippen molar-refractivity contribution >= 4 is 5.70 Å². The van der Waals surface area contributed by atoms with Crippen molar-refractivity contribution < 1.29 is 32.5 Å². The minimum atomic E-state index is -4.70. The Morgan fingerprint density at radius 3 is 2.40 bits per heavy atom. The predicted molar refractivity (Wildman–Crippen MR) is 122 cm³/mol. The van der Waals surface area contributed by atoms with Crippen molar-refractivity contribution in [3.63, 3.8) is 0 Å². The molecule has 1 unspecified atom stereocenters. The van der Waals surface area contributed by atoms with E-state index in [2.05, 4.69) is 15.0 Å². The number of benzene rings is 1. The third kappa shape index (κ3) is 5.16. The summed E-state index contributed by atoms with van der Waals surface area (Å²) in [4.78, 5) is 6.25. The molecular formula is C24H29F3N4O4. The number of aliphatic hydroxyl groups is 1. The monoisotopic (exact) mass is 494 g/mol. The van der Waals surface area contributed by atoms with Gasteiger partial charge in [0.2, 0.25) is 0 Å². The smallest absolute Gasteiger partial charge is 0.497 e. The molecule has 8 nitrogen and oxygen atoms in total. The van der Waals surface area contributed by atoms with Gasteiger partial charge in [-0.1, -0.05) is 6.08 Å². The van der Waals surface area contributed by atoms with E-state index in [4.69, 9.17) is 9.47 Å². The van der Waals surface area contributed by atoms with Crippen LogP contribution in [0, 0.1) is 0 Å². The van der Waals surface area contributed by atoms with Gasteiger partial charge in [0, 0.05) is 24.7 Å². The molecule has 190 valence electrons. The molecule has 1 fully saturated rings. The van der Waals surface area contributed by atoms with Gasteiger partial charge < -0.3 is 19.9 Å². The van der Waals surface area contributed by atoms with E-state index in [1.807, 2.05) is 22.5 Å². The fourth-order valence-electron chi connectivity index (χ4n) is 4.75. The molecule has 1 saturated heterocycles. The number of allylic oxidation sites excluding steroid dienone is 2. The summed E-state index contributed by atoms with van der Waals surface area (Å²) in [6, 6.07) is 5.28. The Kier molecular flexibility index (Phi) is 7.11. The summed E-state index contributed by atoms with van der Waals surface area (Å²) in [6.07, 6.45) is 2.29. The lowest BCUT2D eigenvalue weighted by atomic mass is 9.82. The summed E-state index contributed by atoms with van der Waals surface area (Å²) < 4.78 is 54.1. The average molecular weight is 495 g/mol. The van der Waals surface area contributed by atoms with E-state index in [-0.39, 0.29) is 0 Å². The van der Waals surface area contributed by atoms with Crippen LogP contribution in [-0.2, 0) is 10.3 Å². The van der Waals surface area contributed by atoms with Crippen molar-refractivity contribution in [3.8, 4) is 11.5 Å². The van der Waals surface area contributed by atoms with Gasteiger partial charge >= 0.3 is 6.36 Å². The number of hydrogen-bond donors (Lipinski definition) is 2. The van der Waals surface area contributed by atoms with Crippen LogP contribution in [0.3, 0.4) is 0 Å². The van der Waals surface area contributed by atoms with Crippen LogP contribution < -0.4 is 14.8 Å². The molecule has 2 aliphatic rings. The number of imidazole rings is 1. The molecule has 0 aliphatic carbocycles. The number of piperidine rings is 1. The molecule has 2 N–H and O–H groups in total. The zero-order chi connectivity index (χ0) is 25.2. The Bertz CT molecular complexity index is 1080. The van der Waals surface area contributed by atoms with E-state index in [1.54, 1.807) is 44.9 Å². The lowest BCUT2D eigenvalue weighted by Crippen LogP contribution is -2.54. The summed E-state index contributed by atoms with van der Waals surface area (Å²) in [5, 5.41) is 14.6. The topological polar surface area (TPSA) is 81.0 Å². The van der Waals surface area contributed by atoms with Crippen LogP contribution in [0.4, 0.5) is 13.2 Å². The lowest BCUT2D eigenvalue weighted by Gasteiger charge is -2.47. The SMILES string of the molecule is C/C=C1\C(=C/COC(F)(F)F)NC2(CCN(C(O)c3cc(OC)cc(OC)c3)CC2)c2cncn21. The Morgan fingerprint density at radius 2 is 1.83 bits per heavy atom. The number of nitrogens with zero attached hydrogens (tertiary/aromatic N) is 3. The molecule has 3 heterocycles. The number of alkyl halides is 3. The maximum Gasteiger partial charge on any atom is 0.522 e. The van der Waals surface area contributed by atoms with Crippen LogP contribution in [0.1, 0.15) is 37.3 Å². The molecule has 0 amide bonds. The Hall–Kier alpha value is -3.02. The number of methoxy groups -OCH3 is 2. The molecule has 35 heavy (non-hydrogen) atoms. The molecule has 0 bridgehead atoms. The van der Waals surface area contributed by atoms with Gasteiger partial charge in [0.1, 0.15) is 17.7 Å². The van der Waals surface area contributed by atoms with Crippen LogP contribution in [0.2, 0.25) is 0 Å². The van der Waals surface area contributed by atoms with Gasteiger partial charge in [-0.15, -0.1) is 13.2 Å². The Labute approximate surface area is 201 Å². The van der Waals surface area contributed by atoms with Crippen molar-refractivity contribution in [3.05, 3.63) is 59.8 Å². The number of aromatic nitrogens is 2. The Balaban J connectivity index is 1.56. The first-order valence-electron chi connectivity index (χ1n) is 11.2. The second-order valence-electron chi connectivity index (χ2n) is 8.46. The first-order valence-corrected chi connectivity index (χ1v) is 11.2. The largest absolute Gasteiger partial charge is 0.522 e. The van der Waals surface area contributed by atoms with Crippen molar-refractivity contribution in [1.82, 2.24) is 19.8 Å². The highest BCUT2D eigenvalue weighted by Gasteiger charge is 2.44. The minimum absolute atomic E-state index is 0.538. The van der Waals surface area contributed by atoms with Gasteiger partial charge in [-0.2, -0.15) is 0 Å². The molecule has 0 saturated carbocycles. The average Bonchev–Trinajstić information content (AvgIpc) is 3.34. The second-order valence-corrected chi connectivity index (χ2v) is 8.46.